The zero-order valence-electron chi connectivity index (χ0n) is 49.7. The van der Waals surface area contributed by atoms with Crippen molar-refractivity contribution in [3.05, 3.63) is 197 Å². The molecule has 13 rings (SSSR count). The fraction of sp³-hybridized carbons (Fsp3) is 0.247. The van der Waals surface area contributed by atoms with E-state index in [1.807, 2.05) is 99.3 Å². The second-order valence-corrected chi connectivity index (χ2v) is 24.3. The summed E-state index contributed by atoms with van der Waals surface area (Å²) in [7, 11) is 0. The molecular formula is C73H69N9O5. The van der Waals surface area contributed by atoms with Crippen molar-refractivity contribution in [3.63, 3.8) is 0 Å². The van der Waals surface area contributed by atoms with Crippen LogP contribution in [0.2, 0.25) is 0 Å². The number of fused-ring (bicyclic) bond motifs is 10. The third-order valence-electron chi connectivity index (χ3n) is 17.4. The fourth-order valence-corrected chi connectivity index (χ4v) is 12.7. The summed E-state index contributed by atoms with van der Waals surface area (Å²) >= 11 is 0. The van der Waals surface area contributed by atoms with E-state index in [4.69, 9.17) is 14.7 Å². The lowest BCUT2D eigenvalue weighted by atomic mass is 9.73. The molecule has 4 aromatic carbocycles. The van der Waals surface area contributed by atoms with Gasteiger partial charge in [0, 0.05) is 93.5 Å². The molecule has 14 nitrogen and oxygen atoms in total. The van der Waals surface area contributed by atoms with E-state index in [1.54, 1.807) is 6.20 Å². The number of unbranched alkanes of at least 4 members (excludes halogenated alkanes) is 3. The minimum absolute atomic E-state index is 0.0102. The van der Waals surface area contributed by atoms with E-state index in [-0.39, 0.29) is 47.8 Å². The second kappa shape index (κ2) is 23.3. The summed E-state index contributed by atoms with van der Waals surface area (Å²) in [5.74, 6) is -1.04. The normalized spacial score (nSPS) is 15.7. The largest absolute Gasteiger partial charge is 0.478 e. The molecule has 0 spiro atoms. The molecule has 0 saturated carbocycles. The molecule has 1 saturated heterocycles. The third-order valence-corrected chi connectivity index (χ3v) is 17.4. The topological polar surface area (TPSA) is 171 Å². The van der Waals surface area contributed by atoms with E-state index in [2.05, 4.69) is 129 Å². The van der Waals surface area contributed by atoms with Gasteiger partial charge in [-0.25, -0.2) is 14.6 Å². The van der Waals surface area contributed by atoms with Crippen molar-refractivity contribution in [3.8, 4) is 44.5 Å². The van der Waals surface area contributed by atoms with E-state index in [1.165, 1.54) is 10.8 Å². The first-order valence-corrected chi connectivity index (χ1v) is 30.3. The number of ether oxygens (including phenoxy) is 1. The van der Waals surface area contributed by atoms with Crippen molar-refractivity contribution < 1.29 is 23.9 Å². The highest BCUT2D eigenvalue weighted by Gasteiger charge is 2.46. The van der Waals surface area contributed by atoms with Gasteiger partial charge in [-0.2, -0.15) is 5.10 Å². The number of nitrogens with one attached hydrogen (secondary N) is 3. The number of ketones is 2. The first-order chi connectivity index (χ1) is 42.2. The van der Waals surface area contributed by atoms with E-state index in [9.17, 15) is 19.2 Å². The van der Waals surface area contributed by atoms with Crippen LogP contribution < -0.4 is 5.32 Å². The second-order valence-electron chi connectivity index (χ2n) is 24.3. The number of aromatic nitrogens is 6. The predicted molar refractivity (Wildman–Crippen MR) is 347 cm³/mol. The average molecular weight is 1150 g/mol. The molecule has 4 aromatic heterocycles. The van der Waals surface area contributed by atoms with Gasteiger partial charge in [-0.15, -0.1) is 0 Å². The molecule has 1 fully saturated rings. The Morgan fingerprint density at radius 1 is 0.598 bits per heavy atom. The van der Waals surface area contributed by atoms with Crippen LogP contribution in [0.3, 0.4) is 0 Å². The number of anilines is 1. The molecule has 0 atom stereocenters. The van der Waals surface area contributed by atoms with E-state index < -0.39 is 11.0 Å². The Labute approximate surface area is 506 Å². The molecule has 8 bridgehead atoms. The van der Waals surface area contributed by atoms with Gasteiger partial charge in [0.25, 0.3) is 5.91 Å². The molecule has 4 aliphatic heterocycles. The summed E-state index contributed by atoms with van der Waals surface area (Å²) in [6.45, 7) is 12.4. The van der Waals surface area contributed by atoms with Crippen molar-refractivity contribution in [1.29, 1.82) is 0 Å². The van der Waals surface area contributed by atoms with Gasteiger partial charge in [0.2, 0.25) is 11.7 Å². The smallest absolute Gasteiger partial charge is 0.261 e. The number of aromatic amines is 2. The molecule has 5 aliphatic rings. The fourth-order valence-electron chi connectivity index (χ4n) is 12.7. The Balaban J connectivity index is 0.738. The van der Waals surface area contributed by atoms with E-state index in [0.29, 0.717) is 48.7 Å². The number of carbonyl (C=O) groups excluding carboxylic acids is 4. The van der Waals surface area contributed by atoms with Crippen molar-refractivity contribution in [2.24, 2.45) is 5.41 Å². The molecular weight excluding hydrogens is 1080 g/mol. The lowest BCUT2D eigenvalue weighted by Crippen LogP contribution is -2.50. The predicted octanol–water partition coefficient (Wildman–Crippen LogP) is 14.5. The molecule has 8 heterocycles. The van der Waals surface area contributed by atoms with Gasteiger partial charge in [0.05, 0.1) is 41.4 Å². The third kappa shape index (κ3) is 11.2. The standard InChI is InChI=1S/C73H69N9O5/c1-6-7-8-18-37-72(2,3)51-42-61(83)68-69-52(73(4,5)87-71(68)70(51)86)43-82(79-69)63(85)45-81-40-38-80(39-41-81)44-62(84)74-50-27-25-49(26-28-50)67-59-35-33-57(77-59)65(47-21-14-10-15-22-47)55-31-29-53(75-55)64(46-19-12-9-13-20-46)54-30-32-56(76-54)66(48-23-16-11-17-24-48)58-34-36-60(67)78-58/h9-17,19-36,42-43,75,78H,6-8,18,37-41,44-45H2,1-5H3,(H,74,84). The summed E-state index contributed by atoms with van der Waals surface area (Å²) in [6.07, 6.45) is 16.5. The summed E-state index contributed by atoms with van der Waals surface area (Å²) < 4.78 is 7.63. The van der Waals surface area contributed by atoms with Gasteiger partial charge in [-0.3, -0.25) is 29.0 Å². The first-order valence-electron chi connectivity index (χ1n) is 30.3. The molecule has 14 heteroatoms. The number of benzene rings is 4. The maximum Gasteiger partial charge on any atom is 0.261 e. The number of nitrogens with zero attached hydrogens (tertiary/aromatic N) is 6. The van der Waals surface area contributed by atoms with Crippen LogP contribution in [0.1, 0.15) is 106 Å². The highest BCUT2D eigenvalue weighted by Crippen LogP contribution is 2.47. The Kier molecular flexibility index (Phi) is 15.1. The van der Waals surface area contributed by atoms with Gasteiger partial charge in [-0.1, -0.05) is 150 Å². The summed E-state index contributed by atoms with van der Waals surface area (Å²) in [5, 5.41) is 7.80. The SMILES string of the molecule is CCCCCCC(C)(C)C1=CC(=O)C2=C(OC(C)(C)c3cn(C(=O)CN4CCN(CC(=O)Nc5ccc(-c6c7nc(c(-c8ccccc8)c8ccc([nH]8)c(-c8ccccc8)c8nc(c(-c9ccccc9)c9ccc6[nH]9)C=C8)C=C7)cc5)CC4)nc32)C1=O. The van der Waals surface area contributed by atoms with Gasteiger partial charge >= 0.3 is 0 Å². The average Bonchev–Trinajstić information content (AvgIpc) is 1.88. The molecule has 436 valence electrons. The van der Waals surface area contributed by atoms with Crippen molar-refractivity contribution >= 4 is 81.0 Å². The first kappa shape index (κ1) is 56.5. The molecule has 8 aromatic rings. The zero-order chi connectivity index (χ0) is 60.0. The van der Waals surface area contributed by atoms with Crippen molar-refractivity contribution in [2.75, 3.05) is 44.6 Å². The number of carbonyl (C=O) groups is 4. The van der Waals surface area contributed by atoms with Crippen LogP contribution in [0.15, 0.2) is 163 Å². The number of H-pyrrole nitrogens is 2. The Bertz CT molecular complexity index is 4310. The van der Waals surface area contributed by atoms with Crippen molar-refractivity contribution in [1.82, 2.24) is 39.5 Å². The molecule has 1 amide bonds. The molecule has 3 N–H and O–H groups in total. The minimum Gasteiger partial charge on any atom is -0.478 e. The van der Waals surface area contributed by atoms with Gasteiger partial charge in [0.15, 0.2) is 11.5 Å². The van der Waals surface area contributed by atoms with Crippen molar-refractivity contribution in [2.45, 2.75) is 72.3 Å². The highest BCUT2D eigenvalue weighted by atomic mass is 16.5. The Morgan fingerprint density at radius 3 is 1.53 bits per heavy atom. The summed E-state index contributed by atoms with van der Waals surface area (Å²) in [6, 6.07) is 47.5. The van der Waals surface area contributed by atoms with Crippen LogP contribution in [0.25, 0.3) is 96.5 Å². The molecule has 0 unspecified atom stereocenters. The Hall–Kier alpha value is -9.63. The Morgan fingerprint density at radius 2 is 1.06 bits per heavy atom. The van der Waals surface area contributed by atoms with E-state index >= 15 is 0 Å². The summed E-state index contributed by atoms with van der Waals surface area (Å²) in [5.41, 5.74) is 15.3. The minimum atomic E-state index is -1.01. The molecule has 0 radical (unpaired) electrons. The lowest BCUT2D eigenvalue weighted by molar-refractivity contribution is -0.121. The van der Waals surface area contributed by atoms with Crippen LogP contribution in [0.4, 0.5) is 5.69 Å². The van der Waals surface area contributed by atoms with Crippen LogP contribution in [0, 0.1) is 5.41 Å². The van der Waals surface area contributed by atoms with Gasteiger partial charge in [-0.05, 0) is 115 Å². The van der Waals surface area contributed by atoms with Gasteiger partial charge < -0.3 is 20.0 Å². The van der Waals surface area contributed by atoms with Crippen LogP contribution >= 0.6 is 0 Å². The number of Topliss-reactive ketones (excluding diaryl/α,β-unsaturated/α-hetero) is 1. The molecule has 1 aliphatic carbocycles. The number of hydrogen-bond acceptors (Lipinski definition) is 10. The lowest BCUT2D eigenvalue weighted by Gasteiger charge is -2.36. The highest BCUT2D eigenvalue weighted by molar-refractivity contribution is 6.37. The maximum atomic E-state index is 14.1. The number of allylic oxidation sites excluding steroid dienone is 3. The number of piperazine rings is 1. The van der Waals surface area contributed by atoms with Crippen LogP contribution in [0.5, 0.6) is 0 Å². The number of hydrogen-bond donors (Lipinski definition) is 3. The monoisotopic (exact) mass is 1150 g/mol. The number of rotatable bonds is 15. The quantitative estimate of drug-likeness (QED) is 0.0663. The van der Waals surface area contributed by atoms with Crippen LogP contribution in [-0.4, -0.2) is 102 Å². The number of amides is 1. The van der Waals surface area contributed by atoms with Gasteiger partial charge in [0.1, 0.15) is 11.3 Å². The summed E-state index contributed by atoms with van der Waals surface area (Å²) in [4.78, 5) is 78.3. The van der Waals surface area contributed by atoms with Crippen LogP contribution in [-0.2, 0) is 24.7 Å². The molecule has 87 heavy (non-hydrogen) atoms. The van der Waals surface area contributed by atoms with E-state index in [0.717, 1.165) is 121 Å². The maximum absolute atomic E-state index is 14.1. The zero-order valence-corrected chi connectivity index (χ0v) is 49.7.